The van der Waals surface area contributed by atoms with E-state index in [0.717, 1.165) is 35.0 Å². The summed E-state index contributed by atoms with van der Waals surface area (Å²) in [5.74, 6) is 0.435. The van der Waals surface area contributed by atoms with Crippen LogP contribution in [0.1, 0.15) is 30.2 Å². The number of thiophene rings is 1. The van der Waals surface area contributed by atoms with Gasteiger partial charge in [0.25, 0.3) is 0 Å². The lowest BCUT2D eigenvalue weighted by atomic mass is 9.98. The molecular weight excluding hydrogens is 410 g/mol. The molecule has 0 saturated carbocycles. The molecule has 2 amide bonds. The van der Waals surface area contributed by atoms with Gasteiger partial charge in [-0.25, -0.2) is 4.98 Å². The van der Waals surface area contributed by atoms with Gasteiger partial charge in [-0.05, 0) is 67.8 Å². The Morgan fingerprint density at radius 2 is 2.24 bits per heavy atom. The summed E-state index contributed by atoms with van der Waals surface area (Å²) in [4.78, 5) is 29.1. The molecule has 1 aliphatic heterocycles. The van der Waals surface area contributed by atoms with Crippen LogP contribution in [0.3, 0.4) is 0 Å². The van der Waals surface area contributed by atoms with E-state index in [4.69, 9.17) is 17.3 Å². The highest BCUT2D eigenvalue weighted by Crippen LogP contribution is 2.25. The van der Waals surface area contributed by atoms with E-state index in [9.17, 15) is 9.59 Å². The number of halogens is 1. The summed E-state index contributed by atoms with van der Waals surface area (Å²) >= 11 is 7.51. The van der Waals surface area contributed by atoms with Crippen molar-refractivity contribution in [1.82, 2.24) is 20.9 Å². The number of pyridine rings is 1. The lowest BCUT2D eigenvalue weighted by Crippen LogP contribution is -2.50. The molecule has 2 aromatic heterocycles. The zero-order valence-corrected chi connectivity index (χ0v) is 18.1. The Labute approximate surface area is 179 Å². The van der Waals surface area contributed by atoms with Gasteiger partial charge in [0.2, 0.25) is 11.8 Å². The van der Waals surface area contributed by atoms with Crippen molar-refractivity contribution in [2.75, 3.05) is 12.3 Å². The molecule has 2 aromatic rings. The van der Waals surface area contributed by atoms with Crippen molar-refractivity contribution in [3.8, 4) is 0 Å². The Morgan fingerprint density at radius 3 is 2.93 bits per heavy atom. The number of aromatic nitrogens is 1. The van der Waals surface area contributed by atoms with Gasteiger partial charge in [0.1, 0.15) is 11.9 Å². The fourth-order valence-electron chi connectivity index (χ4n) is 3.46. The van der Waals surface area contributed by atoms with Crippen LogP contribution in [0.25, 0.3) is 0 Å². The Kier molecular flexibility index (Phi) is 7.10. The molecule has 0 spiro atoms. The van der Waals surface area contributed by atoms with Gasteiger partial charge in [-0.15, -0.1) is 11.3 Å². The van der Waals surface area contributed by atoms with Crippen molar-refractivity contribution in [1.29, 1.82) is 0 Å². The number of carbonyl (C=O) groups is 2. The van der Waals surface area contributed by atoms with Gasteiger partial charge in [-0.3, -0.25) is 9.59 Å². The van der Waals surface area contributed by atoms with Gasteiger partial charge in [0.15, 0.2) is 0 Å². The minimum atomic E-state index is -0.624. The summed E-state index contributed by atoms with van der Waals surface area (Å²) in [5.41, 5.74) is 8.51. The number of hydrogen-bond acceptors (Lipinski definition) is 6. The van der Waals surface area contributed by atoms with Crippen molar-refractivity contribution in [2.24, 2.45) is 5.92 Å². The highest BCUT2D eigenvalue weighted by atomic mass is 35.5. The number of nitrogens with zero attached hydrogens (tertiary/aromatic N) is 1. The predicted octanol–water partition coefficient (Wildman–Crippen LogP) is 2.03. The van der Waals surface area contributed by atoms with Crippen LogP contribution in [0.2, 0.25) is 4.34 Å². The molecule has 0 unspecified atom stereocenters. The second-order valence-electron chi connectivity index (χ2n) is 7.45. The maximum Gasteiger partial charge on any atom is 0.242 e. The lowest BCUT2D eigenvalue weighted by molar-refractivity contribution is -0.129. The molecule has 0 bridgehead atoms. The number of anilines is 1. The number of aryl methyl sites for hydroxylation is 1. The third kappa shape index (κ3) is 5.91. The van der Waals surface area contributed by atoms with Gasteiger partial charge in [0.05, 0.1) is 10.4 Å². The summed E-state index contributed by atoms with van der Waals surface area (Å²) in [6.45, 7) is 4.64. The molecule has 1 saturated heterocycles. The van der Waals surface area contributed by atoms with Crippen LogP contribution in [0, 0.1) is 12.8 Å². The van der Waals surface area contributed by atoms with Crippen molar-refractivity contribution in [3.05, 3.63) is 44.7 Å². The van der Waals surface area contributed by atoms with Crippen LogP contribution >= 0.6 is 22.9 Å². The van der Waals surface area contributed by atoms with Crippen LogP contribution in [-0.2, 0) is 22.6 Å². The first-order chi connectivity index (χ1) is 13.8. The van der Waals surface area contributed by atoms with E-state index in [-0.39, 0.29) is 17.9 Å². The van der Waals surface area contributed by atoms with Gasteiger partial charge in [-0.2, -0.15) is 0 Å². The Balaban J connectivity index is 1.44. The van der Waals surface area contributed by atoms with E-state index < -0.39 is 6.04 Å². The zero-order valence-electron chi connectivity index (χ0n) is 16.5. The van der Waals surface area contributed by atoms with E-state index in [1.54, 1.807) is 13.0 Å². The normalized spacial score (nSPS) is 19.7. The monoisotopic (exact) mass is 435 g/mol. The minimum Gasteiger partial charge on any atom is -0.384 e. The van der Waals surface area contributed by atoms with Crippen LogP contribution in [0.4, 0.5) is 5.82 Å². The van der Waals surface area contributed by atoms with E-state index >= 15 is 0 Å². The predicted molar refractivity (Wildman–Crippen MR) is 116 cm³/mol. The lowest BCUT2D eigenvalue weighted by Gasteiger charge is -2.17. The molecule has 0 radical (unpaired) electrons. The molecule has 29 heavy (non-hydrogen) atoms. The quantitative estimate of drug-likeness (QED) is 0.532. The molecule has 1 aliphatic rings. The molecule has 0 aromatic carbocycles. The molecular formula is C20H26ClN5O2S. The number of nitrogens with two attached hydrogens (primary N) is 1. The Bertz CT molecular complexity index is 888. The van der Waals surface area contributed by atoms with Crippen molar-refractivity contribution < 1.29 is 9.59 Å². The molecule has 7 nitrogen and oxygen atoms in total. The SMILES string of the molecule is Cc1nc(N)ccc1CNC(=O)[C@H](C)NC(=O)[C@H]1C[C@H](Cc2csc(Cl)c2)CN1. The third-order valence-electron chi connectivity index (χ3n) is 5.11. The van der Waals surface area contributed by atoms with E-state index in [2.05, 4.69) is 26.3 Å². The van der Waals surface area contributed by atoms with E-state index in [1.807, 2.05) is 19.1 Å². The summed E-state index contributed by atoms with van der Waals surface area (Å²) in [7, 11) is 0. The fraction of sp³-hybridized carbons (Fsp3) is 0.450. The van der Waals surface area contributed by atoms with Crippen LogP contribution in [-0.4, -0.2) is 35.4 Å². The second kappa shape index (κ2) is 9.56. The number of rotatable bonds is 7. The maximum atomic E-state index is 12.5. The van der Waals surface area contributed by atoms with Crippen LogP contribution < -0.4 is 21.7 Å². The maximum absolute atomic E-state index is 12.5. The fourth-order valence-corrected chi connectivity index (χ4v) is 4.38. The molecule has 0 aliphatic carbocycles. The van der Waals surface area contributed by atoms with Gasteiger partial charge < -0.3 is 21.7 Å². The molecule has 9 heteroatoms. The average Bonchev–Trinajstić information content (AvgIpc) is 3.30. The van der Waals surface area contributed by atoms with Gasteiger partial charge in [-0.1, -0.05) is 17.7 Å². The average molecular weight is 436 g/mol. The number of carbonyl (C=O) groups excluding carboxylic acids is 2. The number of hydrogen-bond donors (Lipinski definition) is 4. The first kappa shape index (κ1) is 21.5. The van der Waals surface area contributed by atoms with Gasteiger partial charge in [0, 0.05) is 12.2 Å². The minimum absolute atomic E-state index is 0.149. The molecule has 156 valence electrons. The molecule has 3 heterocycles. The Hall–Kier alpha value is -2.16. The van der Waals surface area contributed by atoms with E-state index in [0.29, 0.717) is 18.3 Å². The van der Waals surface area contributed by atoms with Crippen molar-refractivity contribution in [3.63, 3.8) is 0 Å². The first-order valence-corrected chi connectivity index (χ1v) is 10.8. The second-order valence-corrected chi connectivity index (χ2v) is 9.00. The summed E-state index contributed by atoms with van der Waals surface area (Å²) < 4.78 is 0.782. The third-order valence-corrected chi connectivity index (χ3v) is 6.25. The van der Waals surface area contributed by atoms with Crippen molar-refractivity contribution in [2.45, 2.75) is 45.3 Å². The number of amides is 2. The molecule has 3 atom stereocenters. The largest absolute Gasteiger partial charge is 0.384 e. The highest BCUT2D eigenvalue weighted by molar-refractivity contribution is 7.14. The highest BCUT2D eigenvalue weighted by Gasteiger charge is 2.31. The molecule has 3 rings (SSSR count). The molecule has 1 fully saturated rings. The van der Waals surface area contributed by atoms with Crippen molar-refractivity contribution >= 4 is 40.6 Å². The van der Waals surface area contributed by atoms with Gasteiger partial charge >= 0.3 is 0 Å². The van der Waals surface area contributed by atoms with E-state index in [1.165, 1.54) is 16.9 Å². The van der Waals surface area contributed by atoms with Crippen LogP contribution in [0.15, 0.2) is 23.6 Å². The molecule has 5 N–H and O–H groups in total. The standard InChI is InChI=1S/C20H26ClN5O2S/c1-11-15(3-4-18(22)25-11)9-24-19(27)12(2)26-20(28)16-6-13(8-23-16)5-14-7-17(21)29-10-14/h3-4,7,10,12-13,16,23H,5-6,8-9H2,1-2H3,(H2,22,25)(H,24,27)(H,26,28)/t12-,13-,16+/m0/s1. The summed E-state index contributed by atoms with van der Waals surface area (Å²) in [6.07, 6.45) is 1.63. The number of nitrogen functional groups attached to an aromatic ring is 1. The smallest absolute Gasteiger partial charge is 0.242 e. The topological polar surface area (TPSA) is 109 Å². The van der Waals surface area contributed by atoms with Crippen LogP contribution in [0.5, 0.6) is 0 Å². The Morgan fingerprint density at radius 1 is 1.45 bits per heavy atom. The first-order valence-electron chi connectivity index (χ1n) is 9.58. The zero-order chi connectivity index (χ0) is 21.0. The number of nitrogens with one attached hydrogen (secondary N) is 3. The summed E-state index contributed by atoms with van der Waals surface area (Å²) in [5, 5.41) is 10.9. The summed E-state index contributed by atoms with van der Waals surface area (Å²) in [6, 6.07) is 4.61.